The number of fused-ring (bicyclic) bond motifs is 1. The van der Waals surface area contributed by atoms with Crippen LogP contribution in [0.2, 0.25) is 0 Å². The summed E-state index contributed by atoms with van der Waals surface area (Å²) >= 11 is 0. The SMILES string of the molecule is CCCC=CC=C(C)CC(C)C=C(C)C=CCC(C)C(=O)C(=O)C1=C(N)OC2CC(=O)OC12. The first-order chi connectivity index (χ1) is 15.6. The van der Waals surface area contributed by atoms with Crippen LogP contribution in [-0.4, -0.2) is 29.7 Å². The number of ketones is 2. The van der Waals surface area contributed by atoms with Crippen molar-refractivity contribution >= 4 is 17.5 Å². The minimum Gasteiger partial charge on any atom is -0.471 e. The van der Waals surface area contributed by atoms with Crippen molar-refractivity contribution in [2.75, 3.05) is 0 Å². The number of hydrogen-bond donors (Lipinski definition) is 1. The molecule has 6 nitrogen and oxygen atoms in total. The number of allylic oxidation sites excluding steroid dienone is 8. The number of rotatable bonds is 12. The van der Waals surface area contributed by atoms with Gasteiger partial charge in [-0.1, -0.05) is 74.8 Å². The molecule has 1 fully saturated rings. The van der Waals surface area contributed by atoms with Crippen molar-refractivity contribution in [1.82, 2.24) is 0 Å². The molecule has 33 heavy (non-hydrogen) atoms. The van der Waals surface area contributed by atoms with Gasteiger partial charge in [0, 0.05) is 5.92 Å². The van der Waals surface area contributed by atoms with Crippen LogP contribution in [0.25, 0.3) is 0 Å². The minimum atomic E-state index is -0.872. The molecule has 0 radical (unpaired) electrons. The molecular weight excluding hydrogens is 418 g/mol. The molecule has 0 spiro atoms. The molecule has 0 aromatic rings. The summed E-state index contributed by atoms with van der Waals surface area (Å²) in [5.41, 5.74) is 8.20. The zero-order valence-electron chi connectivity index (χ0n) is 20.4. The first-order valence-corrected chi connectivity index (χ1v) is 11.8. The maximum absolute atomic E-state index is 12.7. The summed E-state index contributed by atoms with van der Waals surface area (Å²) < 4.78 is 10.5. The summed E-state index contributed by atoms with van der Waals surface area (Å²) in [6, 6.07) is 0. The van der Waals surface area contributed by atoms with Crippen LogP contribution in [0.15, 0.2) is 59.1 Å². The number of nitrogens with two attached hydrogens (primary N) is 1. The van der Waals surface area contributed by atoms with E-state index in [-0.39, 0.29) is 17.9 Å². The summed E-state index contributed by atoms with van der Waals surface area (Å²) in [6.07, 6.45) is 14.8. The van der Waals surface area contributed by atoms with E-state index in [1.165, 1.54) is 5.57 Å². The van der Waals surface area contributed by atoms with E-state index in [4.69, 9.17) is 15.2 Å². The van der Waals surface area contributed by atoms with Gasteiger partial charge in [-0.3, -0.25) is 14.4 Å². The van der Waals surface area contributed by atoms with Crippen molar-refractivity contribution < 1.29 is 23.9 Å². The van der Waals surface area contributed by atoms with Crippen LogP contribution >= 0.6 is 0 Å². The van der Waals surface area contributed by atoms with Gasteiger partial charge < -0.3 is 15.2 Å². The van der Waals surface area contributed by atoms with E-state index < -0.39 is 35.7 Å². The van der Waals surface area contributed by atoms with Crippen molar-refractivity contribution in [2.45, 2.75) is 78.9 Å². The maximum Gasteiger partial charge on any atom is 0.310 e. The maximum atomic E-state index is 12.7. The van der Waals surface area contributed by atoms with Crippen LogP contribution in [0.1, 0.15) is 66.7 Å². The lowest BCUT2D eigenvalue weighted by Gasteiger charge is -2.11. The van der Waals surface area contributed by atoms with Crippen LogP contribution in [0.3, 0.4) is 0 Å². The summed E-state index contributed by atoms with van der Waals surface area (Å²) in [7, 11) is 0. The first kappa shape index (κ1) is 26.4. The highest BCUT2D eigenvalue weighted by molar-refractivity contribution is 6.44. The van der Waals surface area contributed by atoms with E-state index in [2.05, 4.69) is 45.1 Å². The second-order valence-corrected chi connectivity index (χ2v) is 9.10. The molecule has 4 unspecified atom stereocenters. The number of carbonyl (C=O) groups excluding carboxylic acids is 3. The van der Waals surface area contributed by atoms with Crippen molar-refractivity contribution in [2.24, 2.45) is 17.6 Å². The van der Waals surface area contributed by atoms with Gasteiger partial charge in [0.05, 0.1) is 6.42 Å². The zero-order valence-corrected chi connectivity index (χ0v) is 20.4. The van der Waals surface area contributed by atoms with Gasteiger partial charge in [0.15, 0.2) is 18.1 Å². The Bertz CT molecular complexity index is 905. The molecule has 0 aliphatic carbocycles. The molecule has 0 aromatic heterocycles. The van der Waals surface area contributed by atoms with Crippen LogP contribution in [-0.2, 0) is 23.9 Å². The number of unbranched alkanes of at least 4 members (excludes halogenated alkanes) is 1. The van der Waals surface area contributed by atoms with Gasteiger partial charge in [0.1, 0.15) is 5.57 Å². The third kappa shape index (κ3) is 7.58. The Balaban J connectivity index is 1.87. The zero-order chi connectivity index (χ0) is 24.5. The van der Waals surface area contributed by atoms with E-state index in [1.54, 1.807) is 6.92 Å². The Morgan fingerprint density at radius 1 is 1.18 bits per heavy atom. The summed E-state index contributed by atoms with van der Waals surface area (Å²) in [4.78, 5) is 36.8. The quantitative estimate of drug-likeness (QED) is 0.256. The highest BCUT2D eigenvalue weighted by Gasteiger charge is 2.49. The van der Waals surface area contributed by atoms with Gasteiger partial charge in [0.25, 0.3) is 0 Å². The predicted molar refractivity (Wildman–Crippen MR) is 129 cm³/mol. The third-order valence-corrected chi connectivity index (χ3v) is 5.74. The van der Waals surface area contributed by atoms with Gasteiger partial charge in [-0.15, -0.1) is 0 Å². The van der Waals surface area contributed by atoms with Crippen molar-refractivity contribution in [3.8, 4) is 0 Å². The van der Waals surface area contributed by atoms with Crippen LogP contribution in [0.4, 0.5) is 0 Å². The number of esters is 1. The summed E-state index contributed by atoms with van der Waals surface area (Å²) in [6.45, 7) is 10.2. The van der Waals surface area contributed by atoms with Gasteiger partial charge in [-0.25, -0.2) is 0 Å². The molecular formula is C27H37NO5. The van der Waals surface area contributed by atoms with Gasteiger partial charge in [-0.05, 0) is 39.0 Å². The highest BCUT2D eigenvalue weighted by Crippen LogP contribution is 2.34. The smallest absolute Gasteiger partial charge is 0.310 e. The van der Waals surface area contributed by atoms with E-state index >= 15 is 0 Å². The average Bonchev–Trinajstić information content (AvgIpc) is 3.23. The summed E-state index contributed by atoms with van der Waals surface area (Å²) in [5, 5.41) is 0. The molecule has 2 N–H and O–H groups in total. The normalized spacial score (nSPS) is 23.1. The van der Waals surface area contributed by atoms with Crippen molar-refractivity contribution in [3.05, 3.63) is 59.1 Å². The van der Waals surface area contributed by atoms with Crippen molar-refractivity contribution in [3.63, 3.8) is 0 Å². The molecule has 2 heterocycles. The van der Waals surface area contributed by atoms with Crippen molar-refractivity contribution in [1.29, 1.82) is 0 Å². The Labute approximate surface area is 197 Å². The largest absolute Gasteiger partial charge is 0.471 e. The van der Waals surface area contributed by atoms with Crippen LogP contribution < -0.4 is 5.73 Å². The molecule has 180 valence electrons. The van der Waals surface area contributed by atoms with Gasteiger partial charge in [-0.2, -0.15) is 0 Å². The molecule has 4 atom stereocenters. The number of ether oxygens (including phenoxy) is 2. The lowest BCUT2D eigenvalue weighted by Crippen LogP contribution is -2.30. The highest BCUT2D eigenvalue weighted by atomic mass is 16.6. The fourth-order valence-electron chi connectivity index (χ4n) is 4.05. The summed E-state index contributed by atoms with van der Waals surface area (Å²) in [5.74, 6) is -1.98. The first-order valence-electron chi connectivity index (χ1n) is 11.8. The predicted octanol–water partition coefficient (Wildman–Crippen LogP) is 4.87. The fourth-order valence-corrected chi connectivity index (χ4v) is 4.05. The lowest BCUT2D eigenvalue weighted by molar-refractivity contribution is -0.142. The lowest BCUT2D eigenvalue weighted by atomic mass is 9.92. The molecule has 0 amide bonds. The fraction of sp³-hybridized carbons (Fsp3) is 0.519. The molecule has 2 aliphatic rings. The number of hydrogen-bond acceptors (Lipinski definition) is 6. The van der Waals surface area contributed by atoms with Crippen LogP contribution in [0.5, 0.6) is 0 Å². The molecule has 0 aromatic carbocycles. The molecule has 1 saturated heterocycles. The molecule has 0 bridgehead atoms. The van der Waals surface area contributed by atoms with Gasteiger partial charge >= 0.3 is 5.97 Å². The Morgan fingerprint density at radius 2 is 1.91 bits per heavy atom. The third-order valence-electron chi connectivity index (χ3n) is 5.74. The number of Topliss-reactive ketones (excluding diaryl/α,β-unsaturated/α-hetero) is 2. The Kier molecular flexibility index (Phi) is 9.89. The molecule has 2 rings (SSSR count). The van der Waals surface area contributed by atoms with Crippen LogP contribution in [0, 0.1) is 11.8 Å². The van der Waals surface area contributed by atoms with E-state index in [0.717, 1.165) is 24.8 Å². The van der Waals surface area contributed by atoms with Gasteiger partial charge in [0.2, 0.25) is 11.6 Å². The van der Waals surface area contributed by atoms with E-state index in [9.17, 15) is 14.4 Å². The minimum absolute atomic E-state index is 0.0236. The van der Waals surface area contributed by atoms with E-state index in [1.807, 2.05) is 19.1 Å². The van der Waals surface area contributed by atoms with E-state index in [0.29, 0.717) is 12.3 Å². The standard InChI is InChI=1S/C27H37NO5/c1-6-7-8-9-11-17(2)14-19(4)15-18(3)12-10-13-20(5)24(30)25(31)23-26-21(32-27(23)28)16-22(29)33-26/h8-12,15,19-21,26H,6-7,13-14,16,28H2,1-5H3. The molecule has 6 heteroatoms. The number of carbonyl (C=O) groups is 3. The second-order valence-electron chi connectivity index (χ2n) is 9.10. The molecule has 2 aliphatic heterocycles. The molecule has 0 saturated carbocycles. The average molecular weight is 456 g/mol. The monoisotopic (exact) mass is 455 g/mol. The Morgan fingerprint density at radius 3 is 2.61 bits per heavy atom. The second kappa shape index (κ2) is 12.4. The topological polar surface area (TPSA) is 95.7 Å². The Hall–Kier alpha value is -2.89.